The van der Waals surface area contributed by atoms with Gasteiger partial charge in [-0.3, -0.25) is 9.59 Å². The first-order chi connectivity index (χ1) is 13.6. The Morgan fingerprint density at radius 2 is 2.04 bits per heavy atom. The molecule has 0 spiro atoms. The van der Waals surface area contributed by atoms with Gasteiger partial charge in [-0.05, 0) is 62.2 Å². The summed E-state index contributed by atoms with van der Waals surface area (Å²) in [5, 5.41) is 3.65. The van der Waals surface area contributed by atoms with Crippen LogP contribution in [0.4, 0.5) is 0 Å². The van der Waals surface area contributed by atoms with E-state index in [1.807, 2.05) is 12.1 Å². The number of aromatic nitrogens is 1. The fraction of sp³-hybridized carbons (Fsp3) is 0.565. The van der Waals surface area contributed by atoms with Crippen LogP contribution in [0.1, 0.15) is 67.8 Å². The number of H-pyrrole nitrogens is 1. The van der Waals surface area contributed by atoms with Gasteiger partial charge in [0.1, 0.15) is 5.56 Å². The molecular formula is C23H31N3O2. The van der Waals surface area contributed by atoms with E-state index in [9.17, 15) is 9.59 Å². The van der Waals surface area contributed by atoms with Gasteiger partial charge in [0.15, 0.2) is 0 Å². The summed E-state index contributed by atoms with van der Waals surface area (Å²) in [6, 6.07) is 6.32. The molecule has 3 heterocycles. The van der Waals surface area contributed by atoms with Gasteiger partial charge in [-0.15, -0.1) is 0 Å². The summed E-state index contributed by atoms with van der Waals surface area (Å²) in [5.41, 5.74) is 1.96. The van der Waals surface area contributed by atoms with Crippen molar-refractivity contribution in [3.63, 3.8) is 0 Å². The van der Waals surface area contributed by atoms with Crippen molar-refractivity contribution in [3.05, 3.63) is 45.7 Å². The Balaban J connectivity index is 1.51. The summed E-state index contributed by atoms with van der Waals surface area (Å²) < 4.78 is 0. The maximum Gasteiger partial charge on any atom is 0.256 e. The van der Waals surface area contributed by atoms with Crippen molar-refractivity contribution in [3.8, 4) is 0 Å². The van der Waals surface area contributed by atoms with Crippen molar-refractivity contribution < 1.29 is 4.79 Å². The minimum atomic E-state index is -0.258. The van der Waals surface area contributed by atoms with E-state index in [0.717, 1.165) is 17.5 Å². The largest absolute Gasteiger partial charge is 0.360 e. The number of nitrogens with one attached hydrogen (secondary N) is 2. The van der Waals surface area contributed by atoms with Crippen LogP contribution in [0.5, 0.6) is 0 Å². The number of aromatic amines is 1. The lowest BCUT2D eigenvalue weighted by Crippen LogP contribution is -2.51. The van der Waals surface area contributed by atoms with Crippen molar-refractivity contribution in [1.82, 2.24) is 15.2 Å². The first-order valence-electron chi connectivity index (χ1n) is 10.7. The van der Waals surface area contributed by atoms with Crippen molar-refractivity contribution in [2.75, 3.05) is 19.6 Å². The Kier molecular flexibility index (Phi) is 5.54. The average molecular weight is 382 g/mol. The molecule has 2 aliphatic heterocycles. The molecule has 2 N–H and O–H groups in total. The van der Waals surface area contributed by atoms with Crippen LogP contribution in [0.3, 0.4) is 0 Å². The van der Waals surface area contributed by atoms with Crippen molar-refractivity contribution in [1.29, 1.82) is 0 Å². The second-order valence-electron chi connectivity index (χ2n) is 8.67. The molecule has 4 rings (SSSR count). The number of para-hydroxylation sites is 1. The molecular weight excluding hydrogens is 350 g/mol. The smallest absolute Gasteiger partial charge is 0.256 e. The number of amides is 1. The Bertz CT molecular complexity index is 916. The number of benzene rings is 1. The van der Waals surface area contributed by atoms with Crippen LogP contribution in [0.25, 0.3) is 10.9 Å². The molecule has 2 aromatic rings. The summed E-state index contributed by atoms with van der Waals surface area (Å²) in [5.74, 6) is 0.542. The number of nitrogens with zero attached hydrogens (tertiary/aromatic N) is 1. The highest BCUT2D eigenvalue weighted by molar-refractivity contribution is 5.97. The molecule has 150 valence electrons. The highest BCUT2D eigenvalue weighted by Gasteiger charge is 2.33. The van der Waals surface area contributed by atoms with Crippen LogP contribution < -0.4 is 10.7 Å². The summed E-state index contributed by atoms with van der Waals surface area (Å²) in [6.07, 6.45) is 7.75. The van der Waals surface area contributed by atoms with Crippen LogP contribution in [0.15, 0.2) is 29.2 Å². The summed E-state index contributed by atoms with van der Waals surface area (Å²) in [7, 11) is 0. The van der Waals surface area contributed by atoms with Gasteiger partial charge in [-0.25, -0.2) is 0 Å². The Hall–Kier alpha value is -2.14. The normalized spacial score (nSPS) is 23.0. The summed E-state index contributed by atoms with van der Waals surface area (Å²) in [4.78, 5) is 31.5. The van der Waals surface area contributed by atoms with Gasteiger partial charge in [-0.2, -0.15) is 0 Å². The van der Waals surface area contributed by atoms with Crippen LogP contribution in [-0.4, -0.2) is 41.5 Å². The van der Waals surface area contributed by atoms with Gasteiger partial charge in [0.25, 0.3) is 5.91 Å². The molecule has 1 aromatic heterocycles. The number of hydrogen-bond donors (Lipinski definition) is 2. The standard InChI is InChI=1S/C23H31N3O2/c1-15(2)17-8-5-9-18-21(17)24-14-19(22(18)27)23(28)25-13-16-7-6-12-26-11-4-3-10-20(16)26/h5,8-9,14-16,20H,3-4,6-7,10-13H2,1-2H3,(H,24,27)(H,25,28). The van der Waals surface area contributed by atoms with E-state index < -0.39 is 0 Å². The number of carbonyl (C=O) groups excluding carboxylic acids is 1. The van der Waals surface area contributed by atoms with E-state index >= 15 is 0 Å². The molecule has 28 heavy (non-hydrogen) atoms. The zero-order valence-corrected chi connectivity index (χ0v) is 17.0. The molecule has 0 aliphatic carbocycles. The highest BCUT2D eigenvalue weighted by Crippen LogP contribution is 2.30. The van der Waals surface area contributed by atoms with Crippen molar-refractivity contribution in [2.24, 2.45) is 5.92 Å². The topological polar surface area (TPSA) is 65.2 Å². The molecule has 0 saturated carbocycles. The number of pyridine rings is 1. The van der Waals surface area contributed by atoms with Gasteiger partial charge in [-0.1, -0.05) is 32.4 Å². The molecule has 0 bridgehead atoms. The van der Waals surface area contributed by atoms with Crippen LogP contribution in [0.2, 0.25) is 0 Å². The molecule has 2 aliphatic rings. The minimum Gasteiger partial charge on any atom is -0.360 e. The monoisotopic (exact) mass is 381 g/mol. The van der Waals surface area contributed by atoms with Gasteiger partial charge < -0.3 is 15.2 Å². The summed E-state index contributed by atoms with van der Waals surface area (Å²) >= 11 is 0. The van der Waals surface area contributed by atoms with Crippen LogP contribution in [0, 0.1) is 5.92 Å². The number of carbonyl (C=O) groups is 1. The average Bonchev–Trinajstić information content (AvgIpc) is 2.72. The Labute approximate surface area is 166 Å². The number of hydrogen-bond acceptors (Lipinski definition) is 3. The number of piperidine rings is 2. The quantitative estimate of drug-likeness (QED) is 0.850. The third-order valence-corrected chi connectivity index (χ3v) is 6.57. The Morgan fingerprint density at radius 3 is 2.86 bits per heavy atom. The maximum atomic E-state index is 12.9. The Morgan fingerprint density at radius 1 is 1.21 bits per heavy atom. The van der Waals surface area contributed by atoms with E-state index in [1.165, 1.54) is 38.8 Å². The fourth-order valence-electron chi connectivity index (χ4n) is 5.06. The number of rotatable bonds is 4. The lowest BCUT2D eigenvalue weighted by atomic mass is 9.83. The molecule has 2 fully saturated rings. The zero-order valence-electron chi connectivity index (χ0n) is 17.0. The third kappa shape index (κ3) is 3.60. The predicted molar refractivity (Wildman–Crippen MR) is 113 cm³/mol. The fourth-order valence-corrected chi connectivity index (χ4v) is 5.06. The van der Waals surface area contributed by atoms with E-state index in [2.05, 4.69) is 29.0 Å². The SMILES string of the molecule is CC(C)c1cccc2c(=O)c(C(=O)NCC3CCCN4CCCCC34)c[nH]c12. The molecule has 2 unspecified atom stereocenters. The molecule has 5 nitrogen and oxygen atoms in total. The van der Waals surface area contributed by atoms with Gasteiger partial charge in [0.05, 0.1) is 5.52 Å². The lowest BCUT2D eigenvalue weighted by molar-refractivity contribution is 0.0575. The molecule has 2 saturated heterocycles. The van der Waals surface area contributed by atoms with E-state index in [1.54, 1.807) is 12.3 Å². The van der Waals surface area contributed by atoms with Crippen molar-refractivity contribution >= 4 is 16.8 Å². The number of fused-ring (bicyclic) bond motifs is 2. The van der Waals surface area contributed by atoms with Gasteiger partial charge >= 0.3 is 0 Å². The van der Waals surface area contributed by atoms with Gasteiger partial charge in [0, 0.05) is 24.2 Å². The predicted octanol–water partition coefficient (Wildman–Crippen LogP) is 3.65. The second kappa shape index (κ2) is 8.08. The lowest BCUT2D eigenvalue weighted by Gasteiger charge is -2.44. The first-order valence-corrected chi connectivity index (χ1v) is 10.7. The maximum absolute atomic E-state index is 12.9. The molecule has 1 amide bonds. The molecule has 5 heteroatoms. The van der Waals surface area contributed by atoms with Crippen LogP contribution in [-0.2, 0) is 0 Å². The zero-order chi connectivity index (χ0) is 19.7. The molecule has 1 aromatic carbocycles. The molecule has 2 atom stereocenters. The summed E-state index contributed by atoms with van der Waals surface area (Å²) in [6.45, 7) is 7.25. The second-order valence-corrected chi connectivity index (χ2v) is 8.67. The van der Waals surface area contributed by atoms with Crippen LogP contribution >= 0.6 is 0 Å². The van der Waals surface area contributed by atoms with Crippen molar-refractivity contribution in [2.45, 2.75) is 57.9 Å². The van der Waals surface area contributed by atoms with E-state index in [-0.39, 0.29) is 16.9 Å². The first kappa shape index (κ1) is 19.2. The highest BCUT2D eigenvalue weighted by atomic mass is 16.2. The van der Waals surface area contributed by atoms with Gasteiger partial charge in [0.2, 0.25) is 5.43 Å². The minimum absolute atomic E-state index is 0.184. The van der Waals surface area contributed by atoms with E-state index in [4.69, 9.17) is 0 Å². The van der Waals surface area contributed by atoms with E-state index in [0.29, 0.717) is 29.8 Å². The molecule has 0 radical (unpaired) electrons. The third-order valence-electron chi connectivity index (χ3n) is 6.57.